The van der Waals surface area contributed by atoms with Crippen LogP contribution in [-0.2, 0) is 16.1 Å². The van der Waals surface area contributed by atoms with Gasteiger partial charge in [0.2, 0.25) is 5.88 Å². The van der Waals surface area contributed by atoms with Gasteiger partial charge in [0, 0.05) is 19.7 Å². The number of piperidine rings is 1. The zero-order chi connectivity index (χ0) is 19.7. The topological polar surface area (TPSA) is 102 Å². The van der Waals surface area contributed by atoms with Gasteiger partial charge in [0.05, 0.1) is 23.3 Å². The number of aryl methyl sites for hydroxylation is 1. The lowest BCUT2D eigenvalue weighted by atomic mass is 9.90. The number of likely N-dealkylation sites (tertiary alicyclic amines) is 1. The highest BCUT2D eigenvalue weighted by Gasteiger charge is 2.37. The molecular weight excluding hydrogens is 370 g/mol. The Balaban J connectivity index is 2.02. The molecule has 0 aliphatic carbocycles. The van der Waals surface area contributed by atoms with Crippen LogP contribution in [0.25, 0.3) is 10.2 Å². The number of thiophene rings is 1. The number of amides is 1. The molecule has 8 nitrogen and oxygen atoms in total. The van der Waals surface area contributed by atoms with Crippen LogP contribution in [0.1, 0.15) is 40.8 Å². The molecule has 2 aromatic rings. The fourth-order valence-electron chi connectivity index (χ4n) is 3.58. The number of carboxylic acid groups (broad SMARTS) is 1. The van der Waals surface area contributed by atoms with Gasteiger partial charge in [-0.2, -0.15) is 4.98 Å². The highest BCUT2D eigenvalue weighted by Crippen LogP contribution is 2.37. The first-order valence-corrected chi connectivity index (χ1v) is 9.57. The second-order valence-electron chi connectivity index (χ2n) is 6.64. The summed E-state index contributed by atoms with van der Waals surface area (Å²) in [6.45, 7) is 4.44. The summed E-state index contributed by atoms with van der Waals surface area (Å²) in [5, 5.41) is 10.1. The van der Waals surface area contributed by atoms with Gasteiger partial charge in [-0.3, -0.25) is 9.59 Å². The van der Waals surface area contributed by atoms with Crippen molar-refractivity contribution < 1.29 is 24.2 Å². The number of nitrogens with zero attached hydrogens (tertiary/aromatic N) is 3. The van der Waals surface area contributed by atoms with Gasteiger partial charge in [-0.05, 0) is 32.3 Å². The highest BCUT2D eigenvalue weighted by molar-refractivity contribution is 7.20. The zero-order valence-corrected chi connectivity index (χ0v) is 16.6. The number of hydrogen-bond acceptors (Lipinski definition) is 7. The van der Waals surface area contributed by atoms with Gasteiger partial charge in [-0.1, -0.05) is 0 Å². The van der Waals surface area contributed by atoms with E-state index in [1.807, 2.05) is 6.92 Å². The largest absolute Gasteiger partial charge is 0.481 e. The number of ether oxygens (including phenoxy) is 2. The number of carbonyl (C=O) groups is 2. The van der Waals surface area contributed by atoms with Crippen LogP contribution >= 0.6 is 11.3 Å². The zero-order valence-electron chi connectivity index (χ0n) is 15.8. The maximum absolute atomic E-state index is 13.2. The third-order valence-corrected chi connectivity index (χ3v) is 6.20. The number of aliphatic carboxylic acids is 1. The van der Waals surface area contributed by atoms with Crippen molar-refractivity contribution in [3.05, 3.63) is 16.3 Å². The fraction of sp³-hybridized carbons (Fsp3) is 0.556. The number of methoxy groups -OCH3 is 2. The minimum atomic E-state index is -0.857. The number of carboxylic acids is 1. The van der Waals surface area contributed by atoms with Crippen LogP contribution in [0.2, 0.25) is 0 Å². The molecule has 0 unspecified atom stereocenters. The molecule has 1 N–H and O–H groups in total. The van der Waals surface area contributed by atoms with E-state index in [0.717, 1.165) is 5.56 Å². The smallest absolute Gasteiger partial charge is 0.308 e. The lowest BCUT2D eigenvalue weighted by Crippen LogP contribution is -2.49. The van der Waals surface area contributed by atoms with Crippen LogP contribution in [0.5, 0.6) is 5.88 Å². The molecule has 146 valence electrons. The van der Waals surface area contributed by atoms with Crippen LogP contribution in [0.15, 0.2) is 0 Å². The molecule has 1 fully saturated rings. The maximum Gasteiger partial charge on any atom is 0.308 e. The average Bonchev–Trinajstić information content (AvgIpc) is 2.97. The molecular formula is C18H23N3O5S. The molecule has 2 aromatic heterocycles. The van der Waals surface area contributed by atoms with Gasteiger partial charge in [0.15, 0.2) is 5.82 Å². The van der Waals surface area contributed by atoms with E-state index in [-0.39, 0.29) is 18.6 Å². The summed E-state index contributed by atoms with van der Waals surface area (Å²) in [5.41, 5.74) is 0.755. The Morgan fingerprint density at radius 2 is 2.07 bits per heavy atom. The Bertz CT molecular complexity index is 881. The molecule has 1 aliphatic heterocycles. The summed E-state index contributed by atoms with van der Waals surface area (Å²) >= 11 is 1.28. The molecule has 9 heteroatoms. The van der Waals surface area contributed by atoms with Crippen molar-refractivity contribution in [3.8, 4) is 5.88 Å². The minimum absolute atomic E-state index is 0.163. The monoisotopic (exact) mass is 393 g/mol. The molecule has 0 aromatic carbocycles. The third-order valence-electron chi connectivity index (χ3n) is 5.03. The van der Waals surface area contributed by atoms with Crippen LogP contribution in [0, 0.1) is 12.8 Å². The van der Waals surface area contributed by atoms with Gasteiger partial charge < -0.3 is 19.5 Å². The first kappa shape index (κ1) is 19.5. The van der Waals surface area contributed by atoms with Gasteiger partial charge in [0.1, 0.15) is 11.4 Å². The summed E-state index contributed by atoms with van der Waals surface area (Å²) in [6, 6.07) is -0.356. The summed E-state index contributed by atoms with van der Waals surface area (Å²) in [5.74, 6) is -0.663. The Morgan fingerprint density at radius 3 is 2.70 bits per heavy atom. The molecule has 1 saturated heterocycles. The van der Waals surface area contributed by atoms with E-state index in [0.29, 0.717) is 46.2 Å². The molecule has 0 radical (unpaired) electrons. The van der Waals surface area contributed by atoms with Crippen molar-refractivity contribution >= 4 is 33.4 Å². The molecule has 1 aliphatic rings. The molecule has 3 rings (SSSR count). The summed E-state index contributed by atoms with van der Waals surface area (Å²) in [6.07, 6.45) is 1.27. The van der Waals surface area contributed by atoms with Crippen molar-refractivity contribution in [2.75, 3.05) is 20.8 Å². The second-order valence-corrected chi connectivity index (χ2v) is 7.64. The van der Waals surface area contributed by atoms with Crippen LogP contribution in [0.3, 0.4) is 0 Å². The number of carbonyl (C=O) groups excluding carboxylic acids is 1. The molecule has 2 atom stereocenters. The number of aromatic nitrogens is 2. The molecule has 3 heterocycles. The van der Waals surface area contributed by atoms with Crippen LogP contribution in [0.4, 0.5) is 0 Å². The van der Waals surface area contributed by atoms with E-state index < -0.39 is 11.9 Å². The number of hydrogen-bond donors (Lipinski definition) is 1. The highest BCUT2D eigenvalue weighted by atomic mass is 32.1. The standard InChI is InChI=1S/C18H23N3O5S/c1-9-13-15(26-4)19-12(8-25-3)20-16(13)27-14(9)17(22)21-7-5-6-11(10(21)2)18(23)24/h10-11H,5-8H2,1-4H3,(H,23,24)/t10-,11-/m0/s1. The third kappa shape index (κ3) is 3.49. The quantitative estimate of drug-likeness (QED) is 0.832. The summed E-state index contributed by atoms with van der Waals surface area (Å²) in [4.78, 5) is 36.4. The number of fused-ring (bicyclic) bond motifs is 1. The maximum atomic E-state index is 13.2. The number of rotatable bonds is 5. The molecule has 0 spiro atoms. The minimum Gasteiger partial charge on any atom is -0.481 e. The Labute approximate surface area is 161 Å². The molecule has 1 amide bonds. The summed E-state index contributed by atoms with van der Waals surface area (Å²) in [7, 11) is 3.09. The fourth-order valence-corrected chi connectivity index (χ4v) is 4.73. The lowest BCUT2D eigenvalue weighted by molar-refractivity contribution is -0.144. The van der Waals surface area contributed by atoms with Crippen molar-refractivity contribution in [3.63, 3.8) is 0 Å². The van der Waals surface area contributed by atoms with Gasteiger partial charge >= 0.3 is 5.97 Å². The van der Waals surface area contributed by atoms with Gasteiger partial charge in [-0.15, -0.1) is 11.3 Å². The van der Waals surface area contributed by atoms with E-state index >= 15 is 0 Å². The Morgan fingerprint density at radius 1 is 1.33 bits per heavy atom. The Hall–Kier alpha value is -2.26. The van der Waals surface area contributed by atoms with Crippen molar-refractivity contribution in [1.29, 1.82) is 0 Å². The van der Waals surface area contributed by atoms with E-state index in [1.165, 1.54) is 18.4 Å². The predicted octanol–water partition coefficient (Wildman–Crippen LogP) is 2.48. The summed E-state index contributed by atoms with van der Waals surface area (Å²) < 4.78 is 10.5. The van der Waals surface area contributed by atoms with Crippen molar-refractivity contribution in [1.82, 2.24) is 14.9 Å². The second kappa shape index (κ2) is 7.77. The van der Waals surface area contributed by atoms with Crippen LogP contribution in [-0.4, -0.2) is 58.7 Å². The van der Waals surface area contributed by atoms with E-state index in [2.05, 4.69) is 9.97 Å². The molecule has 0 saturated carbocycles. The van der Waals surface area contributed by atoms with E-state index in [1.54, 1.807) is 18.9 Å². The average molecular weight is 393 g/mol. The van der Waals surface area contributed by atoms with Crippen molar-refractivity contribution in [2.45, 2.75) is 39.3 Å². The van der Waals surface area contributed by atoms with E-state index in [4.69, 9.17) is 9.47 Å². The van der Waals surface area contributed by atoms with Gasteiger partial charge in [-0.25, -0.2) is 4.98 Å². The SMILES string of the molecule is COCc1nc(OC)c2c(C)c(C(=O)N3CCC[C@H](C(=O)O)[C@@H]3C)sc2n1. The molecule has 27 heavy (non-hydrogen) atoms. The molecule has 0 bridgehead atoms. The normalized spacial score (nSPS) is 20.1. The van der Waals surface area contributed by atoms with E-state index in [9.17, 15) is 14.7 Å². The predicted molar refractivity (Wildman–Crippen MR) is 100 cm³/mol. The lowest BCUT2D eigenvalue weighted by Gasteiger charge is -2.37. The van der Waals surface area contributed by atoms with Crippen molar-refractivity contribution in [2.24, 2.45) is 5.92 Å². The van der Waals surface area contributed by atoms with Gasteiger partial charge in [0.25, 0.3) is 5.91 Å². The first-order valence-electron chi connectivity index (χ1n) is 8.75. The Kier molecular flexibility index (Phi) is 5.61. The first-order chi connectivity index (χ1) is 12.9. The van der Waals surface area contributed by atoms with Crippen LogP contribution < -0.4 is 4.74 Å².